The van der Waals surface area contributed by atoms with E-state index in [-0.39, 0.29) is 12.2 Å². The Bertz CT molecular complexity index is 575. The maximum atomic E-state index is 11.6. The second kappa shape index (κ2) is 5.52. The Labute approximate surface area is 108 Å². The second-order valence-corrected chi connectivity index (χ2v) is 3.77. The molecule has 0 unspecified atom stereocenters. The van der Waals surface area contributed by atoms with Crippen molar-refractivity contribution < 1.29 is 9.53 Å². The number of esters is 1. The highest BCUT2D eigenvalue weighted by molar-refractivity contribution is 5.88. The van der Waals surface area contributed by atoms with E-state index in [0.29, 0.717) is 24.5 Å². The molecule has 0 aliphatic rings. The lowest BCUT2D eigenvalue weighted by atomic mass is 10.2. The van der Waals surface area contributed by atoms with Crippen molar-refractivity contribution >= 4 is 5.97 Å². The maximum absolute atomic E-state index is 11.6. The highest BCUT2D eigenvalue weighted by Crippen LogP contribution is 2.08. The van der Waals surface area contributed by atoms with E-state index in [1.165, 1.54) is 16.6 Å². The molecular weight excluding hydrogens is 252 g/mol. The lowest BCUT2D eigenvalue weighted by molar-refractivity contribution is 0.0592. The van der Waals surface area contributed by atoms with Gasteiger partial charge in [-0.1, -0.05) is 5.21 Å². The minimum Gasteiger partial charge on any atom is -0.464 e. The smallest absolute Gasteiger partial charge is 0.360 e. The number of hydrogen-bond acceptors (Lipinski definition) is 8. The number of aryl methyl sites for hydroxylation is 1. The summed E-state index contributed by atoms with van der Waals surface area (Å²) in [6, 6.07) is 0. The summed E-state index contributed by atoms with van der Waals surface area (Å²) in [7, 11) is 2.95. The first-order valence-corrected chi connectivity index (χ1v) is 5.59. The molecule has 0 spiro atoms. The third-order valence-electron chi connectivity index (χ3n) is 2.44. The topological polar surface area (TPSA) is 127 Å². The molecule has 0 aliphatic heterocycles. The van der Waals surface area contributed by atoms with Gasteiger partial charge in [-0.2, -0.15) is 4.80 Å². The summed E-state index contributed by atoms with van der Waals surface area (Å²) in [5.74, 6) is -0.0658. The summed E-state index contributed by atoms with van der Waals surface area (Å²) in [4.78, 5) is 12.9. The third-order valence-corrected chi connectivity index (χ3v) is 2.44. The number of ether oxygens (including phenoxy) is 1. The summed E-state index contributed by atoms with van der Waals surface area (Å²) in [5.41, 5.74) is 6.29. The van der Waals surface area contributed by atoms with E-state index < -0.39 is 5.97 Å². The predicted molar refractivity (Wildman–Crippen MR) is 62.0 cm³/mol. The summed E-state index contributed by atoms with van der Waals surface area (Å²) in [5, 5.41) is 19.3. The van der Waals surface area contributed by atoms with Crippen molar-refractivity contribution in [1.82, 2.24) is 35.2 Å². The lowest BCUT2D eigenvalue weighted by Gasteiger charge is -2.03. The standard InChI is InChI=1S/C9H14N8O2/c1-16-13-7(11-14-16)5-17-6(3-4-10)8(12-15-17)9(18)19-2/h3-5,10H2,1-2H3. The van der Waals surface area contributed by atoms with Gasteiger partial charge < -0.3 is 10.5 Å². The molecule has 2 heterocycles. The Morgan fingerprint density at radius 1 is 1.37 bits per heavy atom. The SMILES string of the molecule is COC(=O)c1nnn(Cc2nnn(C)n2)c1CCN. The van der Waals surface area contributed by atoms with Crippen LogP contribution in [0.15, 0.2) is 0 Å². The van der Waals surface area contributed by atoms with E-state index in [0.717, 1.165) is 0 Å². The van der Waals surface area contributed by atoms with Gasteiger partial charge in [0.15, 0.2) is 11.5 Å². The summed E-state index contributed by atoms with van der Waals surface area (Å²) < 4.78 is 6.17. The summed E-state index contributed by atoms with van der Waals surface area (Å²) in [6.07, 6.45) is 0.456. The molecule has 0 saturated heterocycles. The van der Waals surface area contributed by atoms with Crippen molar-refractivity contribution in [3.05, 3.63) is 17.2 Å². The van der Waals surface area contributed by atoms with Crippen molar-refractivity contribution in [2.75, 3.05) is 13.7 Å². The average Bonchev–Trinajstić information content (AvgIpc) is 2.97. The molecule has 10 heteroatoms. The minimum atomic E-state index is -0.540. The van der Waals surface area contributed by atoms with Crippen molar-refractivity contribution in [3.8, 4) is 0 Å². The van der Waals surface area contributed by atoms with Crippen LogP contribution >= 0.6 is 0 Å². The zero-order chi connectivity index (χ0) is 13.8. The molecule has 0 bridgehead atoms. The zero-order valence-electron chi connectivity index (χ0n) is 10.6. The molecule has 19 heavy (non-hydrogen) atoms. The first-order valence-electron chi connectivity index (χ1n) is 5.59. The number of methoxy groups -OCH3 is 1. The number of hydrogen-bond donors (Lipinski definition) is 1. The van der Waals surface area contributed by atoms with Gasteiger partial charge in [-0.15, -0.1) is 15.3 Å². The minimum absolute atomic E-state index is 0.164. The van der Waals surface area contributed by atoms with Gasteiger partial charge in [0.1, 0.15) is 6.54 Å². The molecule has 0 amide bonds. The van der Waals surface area contributed by atoms with Gasteiger partial charge in [0.05, 0.1) is 19.9 Å². The summed E-state index contributed by atoms with van der Waals surface area (Å²) >= 11 is 0. The van der Waals surface area contributed by atoms with Crippen LogP contribution in [0.4, 0.5) is 0 Å². The van der Waals surface area contributed by atoms with Gasteiger partial charge in [0, 0.05) is 6.42 Å². The van der Waals surface area contributed by atoms with E-state index in [1.807, 2.05) is 0 Å². The van der Waals surface area contributed by atoms with Crippen LogP contribution in [0.1, 0.15) is 22.0 Å². The Morgan fingerprint density at radius 2 is 2.16 bits per heavy atom. The van der Waals surface area contributed by atoms with Crippen LogP contribution in [0, 0.1) is 0 Å². The molecule has 0 saturated carbocycles. The quantitative estimate of drug-likeness (QED) is 0.624. The molecule has 2 aromatic rings. The molecule has 0 aliphatic carbocycles. The molecular formula is C9H14N8O2. The monoisotopic (exact) mass is 266 g/mol. The van der Waals surface area contributed by atoms with E-state index in [2.05, 4.69) is 30.5 Å². The first kappa shape index (κ1) is 13.1. The Morgan fingerprint density at radius 3 is 2.74 bits per heavy atom. The summed E-state index contributed by atoms with van der Waals surface area (Å²) in [6.45, 7) is 0.637. The third kappa shape index (κ3) is 2.73. The van der Waals surface area contributed by atoms with Crippen LogP contribution in [-0.4, -0.2) is 54.8 Å². The highest BCUT2D eigenvalue weighted by Gasteiger charge is 2.20. The van der Waals surface area contributed by atoms with Gasteiger partial charge in [0.25, 0.3) is 0 Å². The van der Waals surface area contributed by atoms with E-state index >= 15 is 0 Å². The van der Waals surface area contributed by atoms with Gasteiger partial charge in [-0.3, -0.25) is 0 Å². The molecule has 102 valence electrons. The Kier molecular flexibility index (Phi) is 3.80. The number of aromatic nitrogens is 7. The second-order valence-electron chi connectivity index (χ2n) is 3.77. The van der Waals surface area contributed by atoms with Crippen LogP contribution < -0.4 is 5.73 Å². The lowest BCUT2D eigenvalue weighted by Crippen LogP contribution is -2.15. The van der Waals surface area contributed by atoms with Crippen LogP contribution in [0.5, 0.6) is 0 Å². The Balaban J connectivity index is 2.29. The van der Waals surface area contributed by atoms with Gasteiger partial charge in [-0.05, 0) is 11.8 Å². The maximum Gasteiger partial charge on any atom is 0.360 e. The number of nitrogens with two attached hydrogens (primary N) is 1. The molecule has 0 radical (unpaired) electrons. The number of carbonyl (C=O) groups is 1. The average molecular weight is 266 g/mol. The normalized spacial score (nSPS) is 10.7. The molecule has 0 atom stereocenters. The van der Waals surface area contributed by atoms with Crippen LogP contribution in [-0.2, 0) is 24.8 Å². The fourth-order valence-corrected chi connectivity index (χ4v) is 1.62. The van der Waals surface area contributed by atoms with Crippen LogP contribution in [0.3, 0.4) is 0 Å². The Hall–Kier alpha value is -2.36. The molecule has 2 rings (SSSR count). The number of nitrogens with zero attached hydrogens (tertiary/aromatic N) is 7. The van der Waals surface area contributed by atoms with E-state index in [4.69, 9.17) is 5.73 Å². The zero-order valence-corrected chi connectivity index (χ0v) is 10.6. The molecule has 10 nitrogen and oxygen atoms in total. The van der Waals surface area contributed by atoms with Gasteiger partial charge in [-0.25, -0.2) is 9.48 Å². The fourth-order valence-electron chi connectivity index (χ4n) is 1.62. The van der Waals surface area contributed by atoms with Crippen molar-refractivity contribution in [3.63, 3.8) is 0 Å². The van der Waals surface area contributed by atoms with Crippen molar-refractivity contribution in [2.45, 2.75) is 13.0 Å². The molecule has 2 aromatic heterocycles. The predicted octanol–water partition coefficient (Wildman–Crippen LogP) is -1.86. The van der Waals surface area contributed by atoms with Gasteiger partial charge >= 0.3 is 5.97 Å². The number of carbonyl (C=O) groups excluding carboxylic acids is 1. The first-order chi connectivity index (χ1) is 9.15. The van der Waals surface area contributed by atoms with E-state index in [9.17, 15) is 4.79 Å². The van der Waals surface area contributed by atoms with E-state index in [1.54, 1.807) is 7.05 Å². The molecule has 2 N–H and O–H groups in total. The highest BCUT2D eigenvalue weighted by atomic mass is 16.5. The fraction of sp³-hybridized carbons (Fsp3) is 0.556. The largest absolute Gasteiger partial charge is 0.464 e. The molecule has 0 aromatic carbocycles. The van der Waals surface area contributed by atoms with Crippen LogP contribution in [0.25, 0.3) is 0 Å². The van der Waals surface area contributed by atoms with Crippen molar-refractivity contribution in [2.24, 2.45) is 12.8 Å². The number of rotatable bonds is 5. The van der Waals surface area contributed by atoms with Crippen LogP contribution in [0.2, 0.25) is 0 Å². The van der Waals surface area contributed by atoms with Gasteiger partial charge in [0.2, 0.25) is 0 Å². The number of tetrazole rings is 1. The molecule has 0 fully saturated rings. The van der Waals surface area contributed by atoms with Crippen molar-refractivity contribution in [1.29, 1.82) is 0 Å².